The van der Waals surface area contributed by atoms with Crippen LogP contribution in [0.25, 0.3) is 22.3 Å². The summed E-state index contributed by atoms with van der Waals surface area (Å²) in [4.78, 5) is 31.9. The quantitative estimate of drug-likeness (QED) is 0.545. The number of carbonyl (C=O) groups is 1. The summed E-state index contributed by atoms with van der Waals surface area (Å²) in [6.07, 6.45) is 0. The van der Waals surface area contributed by atoms with E-state index in [1.54, 1.807) is 30.3 Å². The lowest BCUT2D eigenvalue weighted by Crippen LogP contribution is -2.33. The van der Waals surface area contributed by atoms with Gasteiger partial charge in [-0.25, -0.2) is 9.67 Å². The summed E-state index contributed by atoms with van der Waals surface area (Å²) in [6, 6.07) is 17.7. The SMILES string of the molecule is O=C(Cn1nc(-c2ccc(Cl)cc2)ccc1=O)NCc1nc2ccccc2[nH]1. The van der Waals surface area contributed by atoms with E-state index in [0.717, 1.165) is 21.3 Å². The van der Waals surface area contributed by atoms with Gasteiger partial charge in [0.1, 0.15) is 12.4 Å². The van der Waals surface area contributed by atoms with Crippen molar-refractivity contribution in [2.75, 3.05) is 0 Å². The Labute approximate surface area is 165 Å². The third-order valence-corrected chi connectivity index (χ3v) is 4.44. The molecule has 0 atom stereocenters. The number of amides is 1. The van der Waals surface area contributed by atoms with Crippen molar-refractivity contribution in [2.45, 2.75) is 13.1 Å². The third-order valence-electron chi connectivity index (χ3n) is 4.19. The summed E-state index contributed by atoms with van der Waals surface area (Å²) >= 11 is 5.90. The molecule has 140 valence electrons. The second-order valence-electron chi connectivity index (χ2n) is 6.20. The minimum absolute atomic E-state index is 0.180. The van der Waals surface area contributed by atoms with E-state index in [1.165, 1.54) is 6.07 Å². The number of imidazole rings is 1. The third kappa shape index (κ3) is 3.94. The molecule has 0 saturated heterocycles. The van der Waals surface area contributed by atoms with Crippen LogP contribution in [0.2, 0.25) is 5.02 Å². The molecule has 4 rings (SSSR count). The van der Waals surface area contributed by atoms with Crippen molar-refractivity contribution in [1.29, 1.82) is 0 Å². The zero-order valence-electron chi connectivity index (χ0n) is 14.7. The van der Waals surface area contributed by atoms with Gasteiger partial charge in [0.05, 0.1) is 23.3 Å². The molecule has 28 heavy (non-hydrogen) atoms. The molecule has 7 nitrogen and oxygen atoms in total. The maximum atomic E-state index is 12.3. The summed E-state index contributed by atoms with van der Waals surface area (Å²) in [7, 11) is 0. The Morgan fingerprint density at radius 2 is 1.86 bits per heavy atom. The van der Waals surface area contributed by atoms with Crippen molar-refractivity contribution in [3.05, 3.63) is 81.9 Å². The highest BCUT2D eigenvalue weighted by molar-refractivity contribution is 6.30. The lowest BCUT2D eigenvalue weighted by atomic mass is 10.1. The smallest absolute Gasteiger partial charge is 0.267 e. The van der Waals surface area contributed by atoms with Gasteiger partial charge in [-0.3, -0.25) is 9.59 Å². The molecule has 0 radical (unpaired) electrons. The molecule has 2 N–H and O–H groups in total. The summed E-state index contributed by atoms with van der Waals surface area (Å²) in [6.45, 7) is 0.0552. The Kier molecular flexibility index (Phi) is 4.90. The first-order valence-corrected chi connectivity index (χ1v) is 9.01. The zero-order valence-corrected chi connectivity index (χ0v) is 15.5. The number of aromatic nitrogens is 4. The maximum absolute atomic E-state index is 12.3. The minimum atomic E-state index is -0.350. The molecule has 0 saturated carbocycles. The predicted octanol–water partition coefficient (Wildman–Crippen LogP) is 2.76. The van der Waals surface area contributed by atoms with Gasteiger partial charge < -0.3 is 10.3 Å². The Morgan fingerprint density at radius 3 is 2.64 bits per heavy atom. The van der Waals surface area contributed by atoms with Gasteiger partial charge in [0.25, 0.3) is 5.56 Å². The highest BCUT2D eigenvalue weighted by Crippen LogP contribution is 2.18. The Bertz CT molecular complexity index is 1160. The van der Waals surface area contributed by atoms with Crippen LogP contribution in [0, 0.1) is 0 Å². The summed E-state index contributed by atoms with van der Waals surface area (Å²) in [5.41, 5.74) is 2.78. The number of fused-ring (bicyclic) bond motifs is 1. The molecule has 0 aliphatic carbocycles. The second kappa shape index (κ2) is 7.66. The molecular weight excluding hydrogens is 378 g/mol. The van der Waals surface area contributed by atoms with Gasteiger partial charge in [-0.1, -0.05) is 35.9 Å². The van der Waals surface area contributed by atoms with Crippen LogP contribution in [0.3, 0.4) is 0 Å². The minimum Gasteiger partial charge on any atom is -0.347 e. The largest absolute Gasteiger partial charge is 0.347 e. The number of rotatable bonds is 5. The summed E-state index contributed by atoms with van der Waals surface area (Å²) < 4.78 is 1.14. The Hall–Kier alpha value is -3.45. The predicted molar refractivity (Wildman–Crippen MR) is 107 cm³/mol. The molecule has 0 unspecified atom stereocenters. The van der Waals surface area contributed by atoms with Gasteiger partial charge in [-0.05, 0) is 30.3 Å². The molecule has 0 aliphatic rings. The molecule has 4 aromatic rings. The van der Waals surface area contributed by atoms with Gasteiger partial charge in [0.15, 0.2) is 0 Å². The van der Waals surface area contributed by atoms with Crippen LogP contribution in [-0.4, -0.2) is 25.7 Å². The lowest BCUT2D eigenvalue weighted by Gasteiger charge is -2.08. The molecular formula is C20H16ClN5O2. The maximum Gasteiger partial charge on any atom is 0.267 e. The van der Waals surface area contributed by atoms with E-state index >= 15 is 0 Å². The Morgan fingerprint density at radius 1 is 1.07 bits per heavy atom. The van der Waals surface area contributed by atoms with Crippen molar-refractivity contribution in [2.24, 2.45) is 0 Å². The number of hydrogen-bond acceptors (Lipinski definition) is 4. The number of carbonyl (C=O) groups excluding carboxylic acids is 1. The van der Waals surface area contributed by atoms with Crippen molar-refractivity contribution in [3.8, 4) is 11.3 Å². The highest BCUT2D eigenvalue weighted by Gasteiger charge is 2.09. The lowest BCUT2D eigenvalue weighted by molar-refractivity contribution is -0.122. The fourth-order valence-electron chi connectivity index (χ4n) is 2.80. The molecule has 8 heteroatoms. The van der Waals surface area contributed by atoms with E-state index in [2.05, 4.69) is 20.4 Å². The van der Waals surface area contributed by atoms with Gasteiger partial charge in [-0.15, -0.1) is 0 Å². The first-order valence-electron chi connectivity index (χ1n) is 8.63. The molecule has 2 aromatic heterocycles. The number of nitrogens with one attached hydrogen (secondary N) is 2. The fraction of sp³-hybridized carbons (Fsp3) is 0.100. The van der Waals surface area contributed by atoms with Crippen LogP contribution in [0.5, 0.6) is 0 Å². The fourth-order valence-corrected chi connectivity index (χ4v) is 2.93. The average molecular weight is 394 g/mol. The van der Waals surface area contributed by atoms with Crippen molar-refractivity contribution in [3.63, 3.8) is 0 Å². The van der Waals surface area contributed by atoms with Crippen LogP contribution in [0.4, 0.5) is 0 Å². The first kappa shape index (κ1) is 17.9. The van der Waals surface area contributed by atoms with E-state index in [1.807, 2.05) is 24.3 Å². The number of benzene rings is 2. The van der Waals surface area contributed by atoms with Crippen LogP contribution >= 0.6 is 11.6 Å². The van der Waals surface area contributed by atoms with Crippen LogP contribution < -0.4 is 10.9 Å². The highest BCUT2D eigenvalue weighted by atomic mass is 35.5. The van der Waals surface area contributed by atoms with Gasteiger partial charge in [0.2, 0.25) is 5.91 Å². The van der Waals surface area contributed by atoms with Crippen LogP contribution in [-0.2, 0) is 17.9 Å². The van der Waals surface area contributed by atoms with Crippen molar-refractivity contribution < 1.29 is 4.79 Å². The van der Waals surface area contributed by atoms with E-state index in [-0.39, 0.29) is 24.6 Å². The van der Waals surface area contributed by atoms with Crippen molar-refractivity contribution >= 4 is 28.5 Å². The zero-order chi connectivity index (χ0) is 19.5. The van der Waals surface area contributed by atoms with Crippen molar-refractivity contribution in [1.82, 2.24) is 25.1 Å². The van der Waals surface area contributed by atoms with Gasteiger partial charge >= 0.3 is 0 Å². The number of H-pyrrole nitrogens is 1. The van der Waals surface area contributed by atoms with Gasteiger partial charge in [-0.2, -0.15) is 5.10 Å². The first-order chi connectivity index (χ1) is 13.6. The van der Waals surface area contributed by atoms with Crippen LogP contribution in [0.1, 0.15) is 5.82 Å². The van der Waals surface area contributed by atoms with Gasteiger partial charge in [0, 0.05) is 16.7 Å². The standard InChI is InChI=1S/C20H16ClN5O2/c21-14-7-5-13(6-8-14)15-9-10-20(28)26(25-15)12-19(27)22-11-18-23-16-3-1-2-4-17(16)24-18/h1-10H,11-12H2,(H,22,27)(H,23,24). The number of halogens is 1. The molecule has 2 aromatic carbocycles. The Balaban J connectivity index is 1.45. The average Bonchev–Trinajstić information content (AvgIpc) is 3.12. The molecule has 0 aliphatic heterocycles. The van der Waals surface area contributed by atoms with E-state index in [9.17, 15) is 9.59 Å². The second-order valence-corrected chi connectivity index (χ2v) is 6.64. The number of para-hydroxylation sites is 2. The van der Waals surface area contributed by atoms with E-state index < -0.39 is 0 Å². The molecule has 2 heterocycles. The number of hydrogen-bond donors (Lipinski definition) is 2. The number of aromatic amines is 1. The topological polar surface area (TPSA) is 92.7 Å². The monoisotopic (exact) mass is 393 g/mol. The number of nitrogens with zero attached hydrogens (tertiary/aromatic N) is 3. The summed E-state index contributed by atoms with van der Waals surface area (Å²) in [5, 5.41) is 7.64. The molecule has 0 bridgehead atoms. The van der Waals surface area contributed by atoms with Crippen LogP contribution in [0.15, 0.2) is 65.5 Å². The molecule has 1 amide bonds. The molecule has 0 fully saturated rings. The van der Waals surface area contributed by atoms with E-state index in [4.69, 9.17) is 11.6 Å². The summed E-state index contributed by atoms with van der Waals surface area (Å²) in [5.74, 6) is 0.313. The van der Waals surface area contributed by atoms with E-state index in [0.29, 0.717) is 16.5 Å². The molecule has 0 spiro atoms. The normalized spacial score (nSPS) is 10.9.